The molecule has 1 aromatic carbocycles. The minimum Gasteiger partial charge on any atom is -0.473 e. The van der Waals surface area contributed by atoms with Crippen LogP contribution in [-0.4, -0.2) is 58.9 Å². The van der Waals surface area contributed by atoms with E-state index in [2.05, 4.69) is 14.8 Å². The fraction of sp³-hybridized carbons (Fsp3) is 0.524. The maximum Gasteiger partial charge on any atom is 0.376 e. The van der Waals surface area contributed by atoms with E-state index in [0.717, 1.165) is 30.2 Å². The molecule has 7 nitrogen and oxygen atoms in total. The van der Waals surface area contributed by atoms with Crippen molar-refractivity contribution in [1.82, 2.24) is 14.8 Å². The van der Waals surface area contributed by atoms with Crippen molar-refractivity contribution in [3.63, 3.8) is 0 Å². The zero-order chi connectivity index (χ0) is 20.8. The van der Waals surface area contributed by atoms with Gasteiger partial charge < -0.3 is 24.0 Å². The van der Waals surface area contributed by atoms with Gasteiger partial charge in [-0.2, -0.15) is 0 Å². The van der Waals surface area contributed by atoms with Gasteiger partial charge in [0.15, 0.2) is 6.79 Å². The highest BCUT2D eigenvalue weighted by molar-refractivity contribution is 6.45. The van der Waals surface area contributed by atoms with E-state index in [1.807, 2.05) is 12.9 Å². The van der Waals surface area contributed by atoms with Gasteiger partial charge in [0.25, 0.3) is 0 Å². The first-order valence-electron chi connectivity index (χ1n) is 10.4. The maximum atomic E-state index is 10.1. The van der Waals surface area contributed by atoms with Gasteiger partial charge in [-0.3, -0.25) is 0 Å². The van der Waals surface area contributed by atoms with E-state index in [4.69, 9.17) is 25.8 Å². The van der Waals surface area contributed by atoms with Crippen LogP contribution in [0.5, 0.6) is 11.6 Å². The molecule has 0 radical (unpaired) electrons. The van der Waals surface area contributed by atoms with E-state index in [0.29, 0.717) is 34.4 Å². The third-order valence-corrected chi connectivity index (χ3v) is 6.79. The first-order chi connectivity index (χ1) is 14.5. The van der Waals surface area contributed by atoms with Crippen molar-refractivity contribution in [1.29, 1.82) is 0 Å². The van der Waals surface area contributed by atoms with Gasteiger partial charge in [0.05, 0.1) is 18.1 Å². The number of methoxy groups -OCH3 is 1. The predicted octanol–water partition coefficient (Wildman–Crippen LogP) is 3.12. The van der Waals surface area contributed by atoms with Crippen LogP contribution in [-0.2, 0) is 4.74 Å². The number of benzene rings is 1. The van der Waals surface area contributed by atoms with Gasteiger partial charge in [-0.25, -0.2) is 9.97 Å². The Morgan fingerprint density at radius 1 is 1.17 bits per heavy atom. The van der Waals surface area contributed by atoms with E-state index in [9.17, 15) is 5.02 Å². The first kappa shape index (κ1) is 20.1. The predicted molar refractivity (Wildman–Crippen MR) is 113 cm³/mol. The van der Waals surface area contributed by atoms with Gasteiger partial charge in [0.1, 0.15) is 11.9 Å². The Bertz CT molecular complexity index is 898. The lowest BCUT2D eigenvalue weighted by Gasteiger charge is -2.42. The Balaban J connectivity index is 1.28. The molecule has 2 aliphatic heterocycles. The Kier molecular flexibility index (Phi) is 5.35. The summed E-state index contributed by atoms with van der Waals surface area (Å²) < 4.78 is 16.8. The summed E-state index contributed by atoms with van der Waals surface area (Å²) >= 11 is 6.09. The van der Waals surface area contributed by atoms with E-state index in [1.54, 1.807) is 31.6 Å². The van der Waals surface area contributed by atoms with Crippen molar-refractivity contribution in [2.75, 3.05) is 13.9 Å². The lowest BCUT2D eigenvalue weighted by molar-refractivity contribution is 0.0515. The minimum atomic E-state index is -0.387. The van der Waals surface area contributed by atoms with Gasteiger partial charge in [-0.1, -0.05) is 11.6 Å². The lowest BCUT2D eigenvalue weighted by atomic mass is 9.77. The third-order valence-electron chi connectivity index (χ3n) is 6.55. The number of hydrogen-bond donors (Lipinski definition) is 1. The molecule has 3 unspecified atom stereocenters. The van der Waals surface area contributed by atoms with E-state index in [-0.39, 0.29) is 19.9 Å². The number of nitrogens with zero attached hydrogens (tertiary/aromatic N) is 3. The van der Waals surface area contributed by atoms with Crippen LogP contribution < -0.4 is 9.47 Å². The van der Waals surface area contributed by atoms with Crippen molar-refractivity contribution in [3.8, 4) is 22.9 Å². The molecule has 5 rings (SSSR count). The maximum absolute atomic E-state index is 10.1. The second kappa shape index (κ2) is 8.00. The van der Waals surface area contributed by atoms with Gasteiger partial charge in [0.2, 0.25) is 5.88 Å². The molecule has 3 aliphatic rings. The van der Waals surface area contributed by atoms with E-state index in [1.165, 1.54) is 6.42 Å². The molecule has 2 saturated heterocycles. The van der Waals surface area contributed by atoms with Crippen LogP contribution >= 0.6 is 11.6 Å². The number of halogens is 1. The highest BCUT2D eigenvalue weighted by Crippen LogP contribution is 2.58. The van der Waals surface area contributed by atoms with Crippen LogP contribution in [0.1, 0.15) is 19.3 Å². The molecular formula is C21H25BClN3O4. The molecule has 1 saturated carbocycles. The number of rotatable bonds is 7. The summed E-state index contributed by atoms with van der Waals surface area (Å²) in [5.41, 5.74) is 1.47. The molecule has 3 heterocycles. The summed E-state index contributed by atoms with van der Waals surface area (Å²) in [6.07, 6.45) is 6.62. The minimum absolute atomic E-state index is 0.110. The molecule has 1 aromatic heterocycles. The monoisotopic (exact) mass is 429 g/mol. The fourth-order valence-corrected chi connectivity index (χ4v) is 5.49. The van der Waals surface area contributed by atoms with Crippen LogP contribution in [0.2, 0.25) is 11.8 Å². The van der Waals surface area contributed by atoms with Gasteiger partial charge in [0, 0.05) is 29.8 Å². The van der Waals surface area contributed by atoms with E-state index >= 15 is 0 Å². The molecule has 3 fully saturated rings. The van der Waals surface area contributed by atoms with E-state index < -0.39 is 0 Å². The molecule has 158 valence electrons. The van der Waals surface area contributed by atoms with Crippen molar-refractivity contribution in [2.45, 2.75) is 44.3 Å². The molecule has 9 heteroatoms. The zero-order valence-corrected chi connectivity index (χ0v) is 17.8. The average Bonchev–Trinajstić information content (AvgIpc) is 3.49. The third kappa shape index (κ3) is 3.66. The quantitative estimate of drug-likeness (QED) is 0.535. The summed E-state index contributed by atoms with van der Waals surface area (Å²) in [6, 6.07) is 6.22. The summed E-state index contributed by atoms with van der Waals surface area (Å²) in [6.45, 7) is 1.99. The molecule has 0 spiro atoms. The largest absolute Gasteiger partial charge is 0.473 e. The van der Waals surface area contributed by atoms with Crippen molar-refractivity contribution >= 4 is 18.7 Å². The van der Waals surface area contributed by atoms with Gasteiger partial charge in [-0.05, 0) is 56.1 Å². The van der Waals surface area contributed by atoms with Crippen LogP contribution in [0.4, 0.5) is 0 Å². The topological polar surface area (TPSA) is 76.9 Å². The highest BCUT2D eigenvalue weighted by Gasteiger charge is 2.62. The molecule has 30 heavy (non-hydrogen) atoms. The number of fused-ring (bicyclic) bond motifs is 5. The van der Waals surface area contributed by atoms with Gasteiger partial charge in [-0.15, -0.1) is 0 Å². The first-order valence-corrected chi connectivity index (χ1v) is 10.8. The zero-order valence-electron chi connectivity index (χ0n) is 17.1. The average molecular weight is 430 g/mol. The van der Waals surface area contributed by atoms with Crippen molar-refractivity contribution in [2.24, 2.45) is 11.8 Å². The second-order valence-corrected chi connectivity index (χ2v) is 8.86. The summed E-state index contributed by atoms with van der Waals surface area (Å²) in [4.78, 5) is 11.3. The summed E-state index contributed by atoms with van der Waals surface area (Å²) in [5, 5.41) is 10.7. The molecule has 1 N–H and O–H groups in total. The standard InChI is InChI=1S/C21H25BClN3O4/c1-22(27)26-18-6-13(7-19(26)16-8-15(16)18)30-21-10-24-17(9-25-21)14-4-3-12(23)5-20(14)29-11-28-2/h3-5,9-10,13,15-16,18-19,27H,6-8,11H2,1-2H3/t13?,15-,16+,18?,19?. The number of ether oxygens (including phenoxy) is 3. The number of hydrogen-bond acceptors (Lipinski definition) is 7. The van der Waals surface area contributed by atoms with Crippen LogP contribution in [0.25, 0.3) is 11.3 Å². The molecular weight excluding hydrogens is 405 g/mol. The summed E-state index contributed by atoms with van der Waals surface area (Å²) in [5.74, 6) is 2.56. The highest BCUT2D eigenvalue weighted by atomic mass is 35.5. The van der Waals surface area contributed by atoms with Crippen molar-refractivity contribution in [3.05, 3.63) is 35.6 Å². The smallest absolute Gasteiger partial charge is 0.376 e. The number of piperidine rings is 2. The summed E-state index contributed by atoms with van der Waals surface area (Å²) in [7, 11) is 1.18. The lowest BCUT2D eigenvalue weighted by Crippen LogP contribution is -2.54. The normalized spacial score (nSPS) is 29.4. The molecule has 2 bridgehead atoms. The SMILES string of the molecule is COCOc1cc(Cl)ccc1-c1cnc(OC2CC3[C@H]4C[C@H]4C(C2)N3B(C)O)cn1. The molecule has 0 amide bonds. The molecule has 1 aliphatic carbocycles. The van der Waals surface area contributed by atoms with Crippen LogP contribution in [0.15, 0.2) is 30.6 Å². The van der Waals surface area contributed by atoms with Crippen LogP contribution in [0, 0.1) is 11.8 Å². The Hall–Kier alpha value is -1.87. The second-order valence-electron chi connectivity index (χ2n) is 8.42. The Morgan fingerprint density at radius 3 is 2.57 bits per heavy atom. The van der Waals surface area contributed by atoms with Gasteiger partial charge >= 0.3 is 7.05 Å². The molecule has 5 atom stereocenters. The Morgan fingerprint density at radius 2 is 1.93 bits per heavy atom. The molecule has 2 aromatic rings. The Labute approximate surface area is 181 Å². The number of aromatic nitrogens is 2. The van der Waals surface area contributed by atoms with Crippen LogP contribution in [0.3, 0.4) is 0 Å². The van der Waals surface area contributed by atoms with Crippen molar-refractivity contribution < 1.29 is 19.2 Å². The fourth-order valence-electron chi connectivity index (χ4n) is 5.32.